The van der Waals surface area contributed by atoms with Crippen LogP contribution in [0.1, 0.15) is 94.9 Å². The van der Waals surface area contributed by atoms with Gasteiger partial charge in [-0.2, -0.15) is 5.10 Å². The number of nitrogens with one attached hydrogen (secondary N) is 2. The maximum Gasteiger partial charge on any atom is 0.438 e. The lowest BCUT2D eigenvalue weighted by Crippen LogP contribution is -2.41. The Hall–Kier alpha value is -6.60. The molecule has 3 unspecified atom stereocenters. The van der Waals surface area contributed by atoms with Crippen molar-refractivity contribution < 1.29 is 31.3 Å². The third-order valence-electron chi connectivity index (χ3n) is 14.0. The minimum absolute atomic E-state index is 0.0152. The molecule has 16 nitrogen and oxygen atoms in total. The Morgan fingerprint density at radius 1 is 0.938 bits per heavy atom. The normalized spacial score (nSPS) is 21.6. The summed E-state index contributed by atoms with van der Waals surface area (Å²) in [6.45, 7) is 8.83. The van der Waals surface area contributed by atoms with Gasteiger partial charge in [0, 0.05) is 60.6 Å². The molecule has 0 radical (unpaired) electrons. The second-order valence-electron chi connectivity index (χ2n) is 17.9. The zero-order valence-electron chi connectivity index (χ0n) is 36.0. The molecular weight excluding hydrogens is 861 g/mol. The Morgan fingerprint density at radius 3 is 2.38 bits per heavy atom. The number of anilines is 1. The lowest BCUT2D eigenvalue weighted by atomic mass is 9.91. The fourth-order valence-corrected chi connectivity index (χ4v) is 11.6. The van der Waals surface area contributed by atoms with Crippen molar-refractivity contribution in [2.45, 2.75) is 77.3 Å². The van der Waals surface area contributed by atoms with Gasteiger partial charge in [-0.15, -0.1) is 0 Å². The topological polar surface area (TPSA) is 184 Å². The van der Waals surface area contributed by atoms with Crippen molar-refractivity contribution in [2.75, 3.05) is 30.2 Å². The molecule has 11 rings (SSSR count). The highest BCUT2D eigenvalue weighted by Gasteiger charge is 2.59. The summed E-state index contributed by atoms with van der Waals surface area (Å²) in [5.74, 6) is -1.48. The number of H-pyrrole nitrogens is 1. The van der Waals surface area contributed by atoms with Crippen LogP contribution in [0.4, 0.5) is 14.5 Å². The van der Waals surface area contributed by atoms with Gasteiger partial charge in [-0.3, -0.25) is 28.2 Å². The fourth-order valence-electron chi connectivity index (χ4n) is 10.5. The van der Waals surface area contributed by atoms with E-state index in [1.807, 2.05) is 30.5 Å². The number of aryl methyl sites for hydroxylation is 2. The molecule has 4 aliphatic rings. The Morgan fingerprint density at radius 2 is 1.68 bits per heavy atom. The summed E-state index contributed by atoms with van der Waals surface area (Å²) in [4.78, 5) is 47.1. The summed E-state index contributed by atoms with van der Waals surface area (Å²) in [6, 6.07) is 13.6. The quantitative estimate of drug-likeness (QED) is 0.192. The second-order valence-corrected chi connectivity index (χ2v) is 19.7. The molecule has 1 aliphatic carbocycles. The van der Waals surface area contributed by atoms with Crippen LogP contribution in [-0.4, -0.2) is 78.4 Å². The number of fused-ring (bicyclic) bond motifs is 3. The summed E-state index contributed by atoms with van der Waals surface area (Å²) >= 11 is 0. The molecule has 3 aromatic carbocycles. The third kappa shape index (κ3) is 6.36. The average Bonchev–Trinajstić information content (AvgIpc) is 3.77. The minimum Gasteiger partial charge on any atom is -0.381 e. The van der Waals surface area contributed by atoms with Crippen molar-refractivity contribution in [3.63, 3.8) is 0 Å². The summed E-state index contributed by atoms with van der Waals surface area (Å²) in [6.07, 6.45) is 5.53. The Bertz CT molecular complexity index is 3350. The van der Waals surface area contributed by atoms with Crippen LogP contribution in [0.2, 0.25) is 0 Å². The number of halogens is 2. The summed E-state index contributed by atoms with van der Waals surface area (Å²) in [5, 5.41) is 10.0. The van der Waals surface area contributed by atoms with Gasteiger partial charge in [0.2, 0.25) is 10.0 Å². The molecule has 1 amide bonds. The van der Waals surface area contributed by atoms with Crippen LogP contribution in [0.25, 0.3) is 28.1 Å². The molecule has 3 aliphatic heterocycles. The standard InChI is InChI=1S/C46H45F2N9O7S/c1-24-19-31(20-25(2)39(24)47)57-41(55-15-14-54(45(55)60)36-8-6-33-32(40(36)48)12-18-65(61,62)52-33)38-27(4)53(13-9-34(38)50-57)42(58)37-22-30-21-29(28-10-16-63-17-11-28)5-7-35(30)56(37)46(23-26(46)3)43-49-44(59)64-51-43/h5-8,14-15,19-22,26-28,52H,9-13,16-18,23H2,1-4H3,(H,49,51,59). The van der Waals surface area contributed by atoms with Crippen LogP contribution in [0, 0.1) is 31.4 Å². The lowest BCUT2D eigenvalue weighted by Gasteiger charge is -2.34. The molecule has 1 saturated carbocycles. The number of hydrogen-bond donors (Lipinski definition) is 2. The predicted molar refractivity (Wildman–Crippen MR) is 235 cm³/mol. The van der Waals surface area contributed by atoms with Crippen LogP contribution >= 0.6 is 0 Å². The van der Waals surface area contributed by atoms with Gasteiger partial charge in [0.15, 0.2) is 11.6 Å². The van der Waals surface area contributed by atoms with Crippen LogP contribution in [0.5, 0.6) is 0 Å². The molecule has 7 aromatic rings. The van der Waals surface area contributed by atoms with E-state index in [1.165, 1.54) is 29.1 Å². The first-order chi connectivity index (χ1) is 31.1. The largest absolute Gasteiger partial charge is 0.438 e. The van der Waals surface area contributed by atoms with Crippen LogP contribution in [0.15, 0.2) is 75.0 Å². The van der Waals surface area contributed by atoms with Gasteiger partial charge >= 0.3 is 11.4 Å². The smallest absolute Gasteiger partial charge is 0.381 e. The Balaban J connectivity index is 1.05. The van der Waals surface area contributed by atoms with Crippen molar-refractivity contribution in [3.05, 3.63) is 139 Å². The number of rotatable bonds is 7. The number of carbonyl (C=O) groups is 1. The van der Waals surface area contributed by atoms with Gasteiger partial charge in [-0.05, 0) is 117 Å². The van der Waals surface area contributed by atoms with Crippen molar-refractivity contribution in [1.82, 2.24) is 38.5 Å². The molecule has 65 heavy (non-hydrogen) atoms. The summed E-state index contributed by atoms with van der Waals surface area (Å²) < 4.78 is 75.0. The van der Waals surface area contributed by atoms with E-state index in [1.54, 1.807) is 35.6 Å². The van der Waals surface area contributed by atoms with Gasteiger partial charge in [-0.25, -0.2) is 31.5 Å². The summed E-state index contributed by atoms with van der Waals surface area (Å²) in [5.41, 5.74) is 3.43. The fraction of sp³-hybridized carbons (Fsp3) is 0.370. The van der Waals surface area contributed by atoms with E-state index in [9.17, 15) is 18.0 Å². The molecule has 0 spiro atoms. The van der Waals surface area contributed by atoms with E-state index in [0.29, 0.717) is 77.4 Å². The molecular formula is C46H45F2N9O7S. The van der Waals surface area contributed by atoms with E-state index in [-0.39, 0.29) is 53.3 Å². The number of sulfonamides is 1. The minimum atomic E-state index is -3.62. The first-order valence-corrected chi connectivity index (χ1v) is 23.4. The molecule has 0 bridgehead atoms. The van der Waals surface area contributed by atoms with Crippen molar-refractivity contribution in [3.8, 4) is 17.2 Å². The second kappa shape index (κ2) is 14.7. The molecule has 336 valence electrons. The number of aromatic amines is 1. The average molecular weight is 906 g/mol. The Kier molecular flexibility index (Phi) is 9.31. The maximum absolute atomic E-state index is 16.2. The molecule has 4 aromatic heterocycles. The highest BCUT2D eigenvalue weighted by atomic mass is 32.2. The number of carbonyl (C=O) groups excluding carboxylic acids is 1. The number of benzene rings is 3. The number of imidazole rings is 1. The maximum atomic E-state index is 16.2. The van der Waals surface area contributed by atoms with Crippen LogP contribution in [-0.2, 0) is 33.1 Å². The van der Waals surface area contributed by atoms with Crippen LogP contribution < -0.4 is 16.2 Å². The number of hydrogen-bond acceptors (Lipinski definition) is 9. The Labute approximate surface area is 370 Å². The van der Waals surface area contributed by atoms with E-state index < -0.39 is 38.9 Å². The first-order valence-electron chi connectivity index (χ1n) is 21.8. The molecule has 2 N–H and O–H groups in total. The van der Waals surface area contributed by atoms with E-state index in [4.69, 9.17) is 14.4 Å². The molecule has 19 heteroatoms. The zero-order valence-corrected chi connectivity index (χ0v) is 36.8. The number of aromatic nitrogens is 7. The number of amides is 1. The van der Waals surface area contributed by atoms with E-state index in [0.717, 1.165) is 33.9 Å². The highest BCUT2D eigenvalue weighted by Crippen LogP contribution is 2.56. The number of nitrogens with zero attached hydrogens (tertiary/aromatic N) is 7. The highest BCUT2D eigenvalue weighted by molar-refractivity contribution is 7.92. The molecule has 3 atom stereocenters. The van der Waals surface area contributed by atoms with Crippen LogP contribution in [0.3, 0.4) is 0 Å². The predicted octanol–water partition coefficient (Wildman–Crippen LogP) is 6.07. The van der Waals surface area contributed by atoms with Gasteiger partial charge in [-0.1, -0.05) is 18.1 Å². The first kappa shape index (κ1) is 41.1. The van der Waals surface area contributed by atoms with Gasteiger partial charge in [0.05, 0.1) is 34.6 Å². The van der Waals surface area contributed by atoms with Gasteiger partial charge in [0.25, 0.3) is 5.91 Å². The van der Waals surface area contributed by atoms with Crippen molar-refractivity contribution >= 4 is 32.5 Å². The van der Waals surface area contributed by atoms with Crippen molar-refractivity contribution in [2.24, 2.45) is 5.92 Å². The lowest BCUT2D eigenvalue weighted by molar-refractivity contribution is 0.0663. The molecule has 7 heterocycles. The van der Waals surface area contributed by atoms with E-state index >= 15 is 13.6 Å². The molecule has 2 fully saturated rings. The van der Waals surface area contributed by atoms with Crippen molar-refractivity contribution in [1.29, 1.82) is 0 Å². The molecule has 1 saturated heterocycles. The third-order valence-corrected chi connectivity index (χ3v) is 15.3. The monoisotopic (exact) mass is 905 g/mol. The number of ether oxygens (including phenoxy) is 1. The zero-order chi connectivity index (χ0) is 45.3. The SMILES string of the molecule is Cc1cc(-n2nc3c(c2-n2ccn(-c4ccc5c(c4F)CCS(=O)(=O)N5)c2=O)C(C)N(C(=O)c2cc4cc(C5CCOCC5)ccc4n2C2(c4noc(=O)[nH]4)CC2C)CC3)cc(C)c1F. The van der Waals surface area contributed by atoms with Gasteiger partial charge < -0.3 is 14.2 Å². The van der Waals surface area contributed by atoms with Gasteiger partial charge in [0.1, 0.15) is 22.9 Å². The summed E-state index contributed by atoms with van der Waals surface area (Å²) in [7, 11) is -3.62. The van der Waals surface area contributed by atoms with E-state index in [2.05, 4.69) is 27.0 Å².